The molecule has 4 heterocycles. The molecule has 2 aromatic rings. The number of ether oxygens (including phenoxy) is 3. The van der Waals surface area contributed by atoms with E-state index in [1.807, 2.05) is 20.8 Å². The van der Waals surface area contributed by atoms with Gasteiger partial charge < -0.3 is 24.0 Å². The summed E-state index contributed by atoms with van der Waals surface area (Å²) in [5, 5.41) is 4.78. The van der Waals surface area contributed by atoms with Crippen LogP contribution in [0.15, 0.2) is 23.1 Å². The minimum absolute atomic E-state index is 0.0985. The van der Waals surface area contributed by atoms with E-state index in [1.165, 1.54) is 7.11 Å². The van der Waals surface area contributed by atoms with Crippen molar-refractivity contribution in [3.63, 3.8) is 0 Å². The van der Waals surface area contributed by atoms with Gasteiger partial charge in [0, 0.05) is 37.3 Å². The van der Waals surface area contributed by atoms with E-state index in [-0.39, 0.29) is 34.0 Å². The van der Waals surface area contributed by atoms with Crippen LogP contribution in [0.4, 0.5) is 4.79 Å². The van der Waals surface area contributed by atoms with Crippen LogP contribution in [0.2, 0.25) is 0 Å². The van der Waals surface area contributed by atoms with Crippen molar-refractivity contribution in [2.45, 2.75) is 55.9 Å². The largest absolute Gasteiger partial charge is 0.495 e. The lowest BCUT2D eigenvalue weighted by Gasteiger charge is -2.35. The average molecular weight is 547 g/mol. The number of nitrogens with zero attached hydrogens (tertiary/aromatic N) is 4. The van der Waals surface area contributed by atoms with Gasteiger partial charge in [-0.05, 0) is 39.7 Å². The van der Waals surface area contributed by atoms with Crippen LogP contribution in [0.1, 0.15) is 55.7 Å². The van der Waals surface area contributed by atoms with Crippen molar-refractivity contribution in [1.29, 1.82) is 0 Å². The zero-order valence-electron chi connectivity index (χ0n) is 22.2. The summed E-state index contributed by atoms with van der Waals surface area (Å²) in [4.78, 5) is 29.9. The van der Waals surface area contributed by atoms with E-state index in [4.69, 9.17) is 19.3 Å². The van der Waals surface area contributed by atoms with Gasteiger partial charge in [-0.2, -0.15) is 5.10 Å². The fourth-order valence-corrected chi connectivity index (χ4v) is 7.09. The number of aromatic nitrogens is 2. The van der Waals surface area contributed by atoms with Gasteiger partial charge in [-0.15, -0.1) is 0 Å². The molecular weight excluding hydrogens is 512 g/mol. The molecule has 0 aliphatic carbocycles. The minimum atomic E-state index is -3.81. The number of carbonyl (C=O) groups excluding carboxylic acids is 2. The highest BCUT2D eigenvalue weighted by molar-refractivity contribution is 7.91. The fourth-order valence-electron chi connectivity index (χ4n) is 5.34. The van der Waals surface area contributed by atoms with Gasteiger partial charge in [-0.25, -0.2) is 13.2 Å². The van der Waals surface area contributed by atoms with E-state index in [9.17, 15) is 18.0 Å². The molecule has 38 heavy (non-hydrogen) atoms. The summed E-state index contributed by atoms with van der Waals surface area (Å²) in [7, 11) is -2.37. The van der Waals surface area contributed by atoms with E-state index < -0.39 is 21.5 Å². The predicted molar refractivity (Wildman–Crippen MR) is 138 cm³/mol. The van der Waals surface area contributed by atoms with E-state index in [0.717, 1.165) is 0 Å². The van der Waals surface area contributed by atoms with Gasteiger partial charge in [-0.3, -0.25) is 9.48 Å². The first-order chi connectivity index (χ1) is 18.0. The monoisotopic (exact) mass is 546 g/mol. The first kappa shape index (κ1) is 26.5. The van der Waals surface area contributed by atoms with Crippen LogP contribution in [0, 0.1) is 0 Å². The highest BCUT2D eigenvalue weighted by Gasteiger charge is 2.41. The topological polar surface area (TPSA) is 120 Å². The van der Waals surface area contributed by atoms with E-state index in [0.29, 0.717) is 69.1 Å². The second kappa shape index (κ2) is 9.88. The molecule has 0 N–H and O–H groups in total. The second-order valence-electron chi connectivity index (χ2n) is 10.8. The summed E-state index contributed by atoms with van der Waals surface area (Å²) < 4.78 is 45.2. The molecule has 5 rings (SSSR count). The maximum Gasteiger partial charge on any atom is 0.410 e. The third kappa shape index (κ3) is 4.86. The molecule has 0 saturated carbocycles. The maximum atomic E-state index is 13.6. The van der Waals surface area contributed by atoms with Crippen LogP contribution < -0.4 is 4.74 Å². The van der Waals surface area contributed by atoms with E-state index in [2.05, 4.69) is 0 Å². The molecule has 1 aromatic heterocycles. The van der Waals surface area contributed by atoms with Crippen LogP contribution in [-0.2, 0) is 25.1 Å². The van der Waals surface area contributed by atoms with Crippen molar-refractivity contribution in [2.24, 2.45) is 0 Å². The van der Waals surface area contributed by atoms with Crippen LogP contribution in [-0.4, -0.2) is 92.1 Å². The third-order valence-electron chi connectivity index (χ3n) is 7.00. The smallest absolute Gasteiger partial charge is 0.410 e. The normalized spacial score (nSPS) is 20.9. The molecule has 3 aliphatic rings. The Morgan fingerprint density at radius 1 is 1.11 bits per heavy atom. The lowest BCUT2D eigenvalue weighted by Crippen LogP contribution is -2.43. The van der Waals surface area contributed by atoms with Crippen LogP contribution in [0.5, 0.6) is 5.75 Å². The van der Waals surface area contributed by atoms with Crippen LogP contribution in [0.3, 0.4) is 0 Å². The molecule has 2 fully saturated rings. The minimum Gasteiger partial charge on any atom is -0.495 e. The molecule has 0 radical (unpaired) electrons. The lowest BCUT2D eigenvalue weighted by molar-refractivity contribution is 0.0166. The Labute approximate surface area is 222 Å². The van der Waals surface area contributed by atoms with Crippen molar-refractivity contribution in [1.82, 2.24) is 19.6 Å². The lowest BCUT2D eigenvalue weighted by atomic mass is 10.0. The molecule has 0 spiro atoms. The number of hydrogen-bond donors (Lipinski definition) is 0. The van der Waals surface area contributed by atoms with Crippen molar-refractivity contribution < 1.29 is 32.2 Å². The summed E-state index contributed by atoms with van der Waals surface area (Å²) in [5.41, 5.74) is 0.927. The molecule has 206 valence electrons. The zero-order chi connectivity index (χ0) is 27.2. The summed E-state index contributed by atoms with van der Waals surface area (Å²) in [6.07, 6.45) is 1.02. The van der Waals surface area contributed by atoms with Gasteiger partial charge in [0.05, 0.1) is 37.8 Å². The molecule has 1 atom stereocenters. The Balaban J connectivity index is 1.62. The highest BCUT2D eigenvalue weighted by Crippen LogP contribution is 2.45. The van der Waals surface area contributed by atoms with Gasteiger partial charge in [0.2, 0.25) is 0 Å². The van der Waals surface area contributed by atoms with Gasteiger partial charge in [0.25, 0.3) is 5.91 Å². The standard InChI is InChI=1S/C26H34N4O7S/c1-26(2,3)37-25(32)29-10-6-7-17(15-29)30-22-18-8-5-9-20(35-4)23(18)38(33,34)16-19(22)21(27-30)24(31)28-11-13-36-14-12-28/h5,8-9,17H,6-7,10-16H2,1-4H3. The summed E-state index contributed by atoms with van der Waals surface area (Å²) in [5.74, 6) is -0.422. The fraction of sp³-hybridized carbons (Fsp3) is 0.577. The molecule has 2 amide bonds. The number of methoxy groups -OCH3 is 1. The van der Waals surface area contributed by atoms with Gasteiger partial charge in [0.1, 0.15) is 16.2 Å². The first-order valence-corrected chi connectivity index (χ1v) is 14.5. The molecule has 1 aromatic carbocycles. The molecule has 2 saturated heterocycles. The average Bonchev–Trinajstić information content (AvgIpc) is 3.26. The number of morpholine rings is 1. The quantitative estimate of drug-likeness (QED) is 0.576. The number of carbonyl (C=O) groups is 2. The molecular formula is C26H34N4O7S. The van der Waals surface area contributed by atoms with Crippen molar-refractivity contribution in [3.8, 4) is 17.0 Å². The summed E-state index contributed by atoms with van der Waals surface area (Å²) >= 11 is 0. The molecule has 3 aliphatic heterocycles. The Morgan fingerprint density at radius 3 is 2.53 bits per heavy atom. The van der Waals surface area contributed by atoms with Crippen LogP contribution >= 0.6 is 0 Å². The number of piperidine rings is 1. The maximum absolute atomic E-state index is 13.6. The Bertz CT molecular complexity index is 1360. The second-order valence-corrected chi connectivity index (χ2v) is 12.8. The number of likely N-dealkylation sites (tertiary alicyclic amines) is 1. The predicted octanol–water partition coefficient (Wildman–Crippen LogP) is 2.89. The SMILES string of the molecule is COc1cccc2c1S(=O)(=O)Cc1c(C(=O)N3CCOCC3)nn(C3CCCN(C(=O)OC(C)(C)C)C3)c1-2. The van der Waals surface area contributed by atoms with Gasteiger partial charge >= 0.3 is 6.09 Å². The molecule has 0 bridgehead atoms. The van der Waals surface area contributed by atoms with Crippen molar-refractivity contribution in [3.05, 3.63) is 29.5 Å². The Hall–Kier alpha value is -3.12. The third-order valence-corrected chi connectivity index (χ3v) is 8.71. The van der Waals surface area contributed by atoms with Crippen molar-refractivity contribution in [2.75, 3.05) is 46.5 Å². The number of fused-ring (bicyclic) bond motifs is 3. The van der Waals surface area contributed by atoms with Gasteiger partial charge in [0.15, 0.2) is 15.5 Å². The molecule has 11 nitrogen and oxygen atoms in total. The number of benzene rings is 1. The molecule has 12 heteroatoms. The van der Waals surface area contributed by atoms with E-state index in [1.54, 1.807) is 32.7 Å². The summed E-state index contributed by atoms with van der Waals surface area (Å²) in [6.45, 7) is 8.01. The van der Waals surface area contributed by atoms with Gasteiger partial charge in [-0.1, -0.05) is 12.1 Å². The van der Waals surface area contributed by atoms with Crippen molar-refractivity contribution >= 4 is 21.8 Å². The number of hydrogen-bond acceptors (Lipinski definition) is 8. The Kier molecular flexibility index (Phi) is 6.89. The highest BCUT2D eigenvalue weighted by atomic mass is 32.2. The number of amides is 2. The zero-order valence-corrected chi connectivity index (χ0v) is 23.0. The Morgan fingerprint density at radius 2 is 1.84 bits per heavy atom. The summed E-state index contributed by atoms with van der Waals surface area (Å²) in [6, 6.07) is 4.81. The van der Waals surface area contributed by atoms with E-state index >= 15 is 0 Å². The van der Waals surface area contributed by atoms with Crippen LogP contribution in [0.25, 0.3) is 11.3 Å². The number of sulfone groups is 1. The first-order valence-electron chi connectivity index (χ1n) is 12.9. The number of rotatable bonds is 3. The molecule has 1 unspecified atom stereocenters.